The molecule has 1 heterocycles. The van der Waals surface area contributed by atoms with Crippen LogP contribution in [0.3, 0.4) is 0 Å². The number of carbonyl (C=O) groups is 2. The van der Waals surface area contributed by atoms with Gasteiger partial charge >= 0.3 is 6.09 Å². The molecule has 1 aliphatic heterocycles. The van der Waals surface area contributed by atoms with E-state index < -0.39 is 11.0 Å². The highest BCUT2D eigenvalue weighted by Crippen LogP contribution is 2.31. The number of amides is 1. The lowest BCUT2D eigenvalue weighted by atomic mass is 9.79. The molecule has 0 saturated carbocycles. The maximum absolute atomic E-state index is 12.0. The molecular weight excluding hydrogens is 230 g/mol. The molecule has 0 aromatic heterocycles. The lowest BCUT2D eigenvalue weighted by molar-refractivity contribution is -0.118. The Bertz CT molecular complexity index is 364. The van der Waals surface area contributed by atoms with Gasteiger partial charge in [0, 0.05) is 19.5 Å². The molecule has 1 atom stereocenters. The van der Waals surface area contributed by atoms with Crippen molar-refractivity contribution in [2.45, 2.75) is 45.6 Å². The van der Waals surface area contributed by atoms with Gasteiger partial charge in [-0.3, -0.25) is 0 Å². The summed E-state index contributed by atoms with van der Waals surface area (Å²) < 4.78 is 5.31. The quantitative estimate of drug-likeness (QED) is 0.558. The van der Waals surface area contributed by atoms with Crippen molar-refractivity contribution in [1.29, 1.82) is 0 Å². The third kappa shape index (κ3) is 3.76. The zero-order valence-electron chi connectivity index (χ0n) is 11.4. The van der Waals surface area contributed by atoms with Crippen molar-refractivity contribution in [3.8, 4) is 12.3 Å². The average molecular weight is 251 g/mol. The van der Waals surface area contributed by atoms with Gasteiger partial charge in [0.1, 0.15) is 11.9 Å². The Morgan fingerprint density at radius 3 is 2.72 bits per heavy atom. The molecule has 1 amide bonds. The minimum Gasteiger partial charge on any atom is -0.444 e. The summed E-state index contributed by atoms with van der Waals surface area (Å²) in [6.45, 7) is 6.44. The fourth-order valence-electron chi connectivity index (χ4n) is 2.13. The molecule has 1 rings (SSSR count). The number of nitrogens with zero attached hydrogens (tertiary/aromatic N) is 1. The Hall–Kier alpha value is -1.50. The van der Waals surface area contributed by atoms with Crippen molar-refractivity contribution < 1.29 is 14.3 Å². The van der Waals surface area contributed by atoms with Crippen molar-refractivity contribution in [3.05, 3.63) is 0 Å². The molecule has 0 spiro atoms. The molecule has 0 aromatic carbocycles. The molecule has 0 N–H and O–H groups in total. The van der Waals surface area contributed by atoms with Crippen LogP contribution in [0.15, 0.2) is 0 Å². The number of ether oxygens (including phenoxy) is 1. The molecule has 1 fully saturated rings. The second-order valence-electron chi connectivity index (χ2n) is 5.87. The molecule has 1 unspecified atom stereocenters. The van der Waals surface area contributed by atoms with Gasteiger partial charge in [-0.2, -0.15) is 0 Å². The summed E-state index contributed by atoms with van der Waals surface area (Å²) in [6, 6.07) is 0. The van der Waals surface area contributed by atoms with Crippen molar-refractivity contribution in [3.63, 3.8) is 0 Å². The zero-order valence-corrected chi connectivity index (χ0v) is 11.4. The van der Waals surface area contributed by atoms with E-state index in [1.54, 1.807) is 4.90 Å². The molecule has 0 radical (unpaired) electrons. The number of hydrogen-bond donors (Lipinski definition) is 0. The zero-order chi connectivity index (χ0) is 13.8. The van der Waals surface area contributed by atoms with Crippen molar-refractivity contribution in [2.75, 3.05) is 13.1 Å². The van der Waals surface area contributed by atoms with E-state index in [4.69, 9.17) is 11.2 Å². The molecule has 4 nitrogen and oxygen atoms in total. The molecule has 18 heavy (non-hydrogen) atoms. The van der Waals surface area contributed by atoms with Crippen molar-refractivity contribution in [1.82, 2.24) is 4.90 Å². The number of hydrogen-bond acceptors (Lipinski definition) is 3. The lowest BCUT2D eigenvalue weighted by Gasteiger charge is -2.38. The van der Waals surface area contributed by atoms with Crippen molar-refractivity contribution >= 4 is 12.4 Å². The number of rotatable bonds is 2. The van der Waals surface area contributed by atoms with Crippen molar-refractivity contribution in [2.24, 2.45) is 5.41 Å². The van der Waals surface area contributed by atoms with Crippen LogP contribution in [0.5, 0.6) is 0 Å². The van der Waals surface area contributed by atoms with Crippen LogP contribution in [0.1, 0.15) is 40.0 Å². The SMILES string of the molecule is C#CCC1(C=O)CCCN(C(=O)OC(C)(C)C)C1. The van der Waals surface area contributed by atoms with Crippen LogP contribution in [0.2, 0.25) is 0 Å². The lowest BCUT2D eigenvalue weighted by Crippen LogP contribution is -2.48. The monoisotopic (exact) mass is 251 g/mol. The minimum atomic E-state index is -0.593. The van der Waals surface area contributed by atoms with Crippen LogP contribution in [-0.2, 0) is 9.53 Å². The molecule has 0 aromatic rings. The number of carbonyl (C=O) groups excluding carboxylic acids is 2. The first-order chi connectivity index (χ1) is 8.32. The Labute approximate surface area is 109 Å². The van der Waals surface area contributed by atoms with E-state index >= 15 is 0 Å². The largest absolute Gasteiger partial charge is 0.444 e. The predicted molar refractivity (Wildman–Crippen MR) is 69.0 cm³/mol. The number of likely N-dealkylation sites (tertiary alicyclic amines) is 1. The normalized spacial score (nSPS) is 24.2. The molecule has 1 saturated heterocycles. The summed E-state index contributed by atoms with van der Waals surface area (Å²) >= 11 is 0. The summed E-state index contributed by atoms with van der Waals surface area (Å²) in [7, 11) is 0. The smallest absolute Gasteiger partial charge is 0.410 e. The second-order valence-corrected chi connectivity index (χ2v) is 5.87. The highest BCUT2D eigenvalue weighted by Gasteiger charge is 2.37. The van der Waals surface area contributed by atoms with Crippen LogP contribution in [-0.4, -0.2) is 36.0 Å². The molecule has 0 bridgehead atoms. The Morgan fingerprint density at radius 1 is 1.56 bits per heavy atom. The van der Waals surface area contributed by atoms with Gasteiger partial charge in [-0.1, -0.05) is 0 Å². The van der Waals surface area contributed by atoms with Crippen LogP contribution < -0.4 is 0 Å². The third-order valence-electron chi connectivity index (χ3n) is 2.96. The predicted octanol–water partition coefficient (Wildman–Crippen LogP) is 2.23. The molecule has 1 aliphatic rings. The standard InChI is InChI=1S/C14H21NO3/c1-5-7-14(11-16)8-6-9-15(10-14)12(17)18-13(2,3)4/h1,11H,6-10H2,2-4H3. The summed E-state index contributed by atoms with van der Waals surface area (Å²) in [4.78, 5) is 24.8. The van der Waals surface area contributed by atoms with Gasteiger partial charge in [0.15, 0.2) is 0 Å². The molecule has 4 heteroatoms. The maximum Gasteiger partial charge on any atom is 0.410 e. The summed E-state index contributed by atoms with van der Waals surface area (Å²) in [5.41, 5.74) is -1.12. The third-order valence-corrected chi connectivity index (χ3v) is 2.96. The first kappa shape index (κ1) is 14.6. The molecular formula is C14H21NO3. The Kier molecular flexibility index (Phi) is 4.39. The van der Waals surface area contributed by atoms with Crippen LogP contribution in [0.4, 0.5) is 4.79 Å². The van der Waals surface area contributed by atoms with E-state index in [1.165, 1.54) is 0 Å². The Morgan fingerprint density at radius 2 is 2.22 bits per heavy atom. The molecule has 100 valence electrons. The highest BCUT2D eigenvalue weighted by molar-refractivity contribution is 5.70. The fourth-order valence-corrected chi connectivity index (χ4v) is 2.13. The van der Waals surface area contributed by atoms with Gasteiger partial charge in [0.05, 0.1) is 5.41 Å². The van der Waals surface area contributed by atoms with Gasteiger partial charge in [0.25, 0.3) is 0 Å². The minimum absolute atomic E-state index is 0.357. The topological polar surface area (TPSA) is 46.6 Å². The van der Waals surface area contributed by atoms with Crippen LogP contribution in [0, 0.1) is 17.8 Å². The van der Waals surface area contributed by atoms with E-state index in [2.05, 4.69) is 5.92 Å². The highest BCUT2D eigenvalue weighted by atomic mass is 16.6. The first-order valence-electron chi connectivity index (χ1n) is 6.20. The van der Waals surface area contributed by atoms with Gasteiger partial charge in [0.2, 0.25) is 0 Å². The van der Waals surface area contributed by atoms with E-state index in [0.29, 0.717) is 19.5 Å². The van der Waals surface area contributed by atoms with Gasteiger partial charge in [-0.25, -0.2) is 4.79 Å². The number of piperidine rings is 1. The summed E-state index contributed by atoms with van der Waals surface area (Å²) in [5.74, 6) is 2.53. The maximum atomic E-state index is 12.0. The van der Waals surface area contributed by atoms with E-state index in [-0.39, 0.29) is 6.09 Å². The van der Waals surface area contributed by atoms with E-state index in [1.807, 2.05) is 20.8 Å². The van der Waals surface area contributed by atoms with Gasteiger partial charge < -0.3 is 14.4 Å². The van der Waals surface area contributed by atoms with Gasteiger partial charge in [-0.05, 0) is 33.6 Å². The molecule has 0 aliphatic carbocycles. The Balaban J connectivity index is 2.72. The summed E-state index contributed by atoms with van der Waals surface area (Å²) in [5, 5.41) is 0. The van der Waals surface area contributed by atoms with Crippen LogP contribution in [0.25, 0.3) is 0 Å². The van der Waals surface area contributed by atoms with Gasteiger partial charge in [-0.15, -0.1) is 12.3 Å². The number of terminal acetylenes is 1. The number of aldehydes is 1. The van der Waals surface area contributed by atoms with E-state index in [0.717, 1.165) is 19.1 Å². The average Bonchev–Trinajstić information content (AvgIpc) is 2.27. The first-order valence-corrected chi connectivity index (χ1v) is 6.20. The fraction of sp³-hybridized carbons (Fsp3) is 0.714. The summed E-state index contributed by atoms with van der Waals surface area (Å²) in [6.07, 6.45) is 7.71. The van der Waals surface area contributed by atoms with E-state index in [9.17, 15) is 9.59 Å². The van der Waals surface area contributed by atoms with Crippen LogP contribution >= 0.6 is 0 Å². The second kappa shape index (κ2) is 5.43.